The fourth-order valence-corrected chi connectivity index (χ4v) is 2.38. The van der Waals surface area contributed by atoms with Gasteiger partial charge in [-0.15, -0.1) is 0 Å². The van der Waals surface area contributed by atoms with Gasteiger partial charge in [-0.25, -0.2) is 0 Å². The lowest BCUT2D eigenvalue weighted by Gasteiger charge is -2.16. The van der Waals surface area contributed by atoms with E-state index < -0.39 is 6.07 Å². The van der Waals surface area contributed by atoms with Crippen molar-refractivity contribution in [1.82, 2.24) is 0 Å². The van der Waals surface area contributed by atoms with Gasteiger partial charge < -0.3 is 4.52 Å². The van der Waals surface area contributed by atoms with Gasteiger partial charge in [0.25, 0.3) is 0 Å². The molecule has 0 bridgehead atoms. The molecule has 0 atom stereocenters. The Hall–Kier alpha value is 1.12. The molecule has 0 aliphatic carbocycles. The van der Waals surface area contributed by atoms with E-state index in [0.717, 1.165) is 11.5 Å². The number of hydrogen-bond acceptors (Lipinski definition) is 3. The van der Waals surface area contributed by atoms with Crippen molar-refractivity contribution in [2.45, 2.75) is 20.8 Å². The molecule has 0 saturated carbocycles. The first-order valence-corrected chi connectivity index (χ1v) is 8.51. The Morgan fingerprint density at radius 1 is 1.38 bits per heavy atom. The van der Waals surface area contributed by atoms with E-state index in [-0.39, 0.29) is 0 Å². The van der Waals surface area contributed by atoms with Gasteiger partial charge in [-0.3, -0.25) is 4.57 Å². The molecule has 0 rings (SSSR count). The first-order chi connectivity index (χ1) is 5.71. The molecule has 0 N–H and O–H groups in total. The molecule has 0 aromatic heterocycles. The summed E-state index contributed by atoms with van der Waals surface area (Å²) in [6.07, 6.45) is -3.32. The monoisotopic (exact) mass is 264 g/mol. The summed E-state index contributed by atoms with van der Waals surface area (Å²) in [5.74, 6) is 1.80. The second-order valence-corrected chi connectivity index (χ2v) is 9.24. The summed E-state index contributed by atoms with van der Waals surface area (Å²) in [5, 5.41) is 0. The highest BCUT2D eigenvalue weighted by Crippen LogP contribution is 2.57. The zero-order chi connectivity index (χ0) is 10.5. The van der Waals surface area contributed by atoms with Crippen LogP contribution < -0.4 is 0 Å². The quantitative estimate of drug-likeness (QED) is 0.545. The smallest absolute Gasteiger partial charge is 0.305 e. The van der Waals surface area contributed by atoms with Gasteiger partial charge >= 0.3 is 6.07 Å². The van der Waals surface area contributed by atoms with E-state index in [1.807, 2.05) is 0 Å². The van der Waals surface area contributed by atoms with Gasteiger partial charge in [0.05, 0.1) is 6.61 Å². The van der Waals surface area contributed by atoms with Gasteiger partial charge in [-0.1, -0.05) is 20.8 Å². The molecule has 0 aromatic rings. The highest BCUT2D eigenvalue weighted by Gasteiger charge is 2.14. The van der Waals surface area contributed by atoms with Crippen LogP contribution >= 0.6 is 40.3 Å². The minimum absolute atomic E-state index is 0.302. The van der Waals surface area contributed by atoms with Crippen molar-refractivity contribution in [3.63, 3.8) is 0 Å². The lowest BCUT2D eigenvalue weighted by atomic mass is 10.0. The molecular formula is C7H15Cl2O2PS. The Bertz CT molecular complexity index is 187. The van der Waals surface area contributed by atoms with Crippen molar-refractivity contribution in [1.29, 1.82) is 0 Å². The molecule has 0 aliphatic heterocycles. The van der Waals surface area contributed by atoms with Crippen molar-refractivity contribution in [2.75, 3.05) is 18.1 Å². The minimum atomic E-state index is -3.32. The van der Waals surface area contributed by atoms with Gasteiger partial charge in [0.2, 0.25) is 0 Å². The van der Waals surface area contributed by atoms with E-state index in [1.165, 1.54) is 0 Å². The summed E-state index contributed by atoms with van der Waals surface area (Å²) in [6.45, 7) is 6.82. The van der Waals surface area contributed by atoms with E-state index in [2.05, 4.69) is 20.8 Å². The van der Waals surface area contributed by atoms with Crippen molar-refractivity contribution in [2.24, 2.45) is 5.41 Å². The second-order valence-electron chi connectivity index (χ2n) is 3.86. The van der Waals surface area contributed by atoms with E-state index in [0.29, 0.717) is 12.0 Å². The third-order valence-corrected chi connectivity index (χ3v) is 3.60. The summed E-state index contributed by atoms with van der Waals surface area (Å²) < 4.78 is 15.4. The molecule has 0 amide bonds. The number of thioether (sulfide) groups is 1. The van der Waals surface area contributed by atoms with Crippen LogP contribution in [0, 0.1) is 5.41 Å². The first-order valence-electron chi connectivity index (χ1n) is 3.92. The average Bonchev–Trinajstić information content (AvgIpc) is 1.81. The van der Waals surface area contributed by atoms with Crippen molar-refractivity contribution in [3.05, 3.63) is 0 Å². The summed E-state index contributed by atoms with van der Waals surface area (Å²) in [5.41, 5.74) is 0.302. The normalized spacial score (nSPS) is 13.3. The summed E-state index contributed by atoms with van der Waals surface area (Å²) in [4.78, 5) is 0. The highest BCUT2D eigenvalue weighted by atomic mass is 35.9. The Morgan fingerprint density at radius 2 is 1.92 bits per heavy atom. The van der Waals surface area contributed by atoms with Crippen LogP contribution in [0.1, 0.15) is 20.8 Å². The summed E-state index contributed by atoms with van der Waals surface area (Å²) in [6, 6.07) is 0. The maximum atomic E-state index is 10.7. The Morgan fingerprint density at radius 3 is 2.31 bits per heavy atom. The number of hydrogen-bond donors (Lipinski definition) is 0. The average molecular weight is 265 g/mol. The summed E-state index contributed by atoms with van der Waals surface area (Å²) in [7, 11) is 0. The van der Waals surface area contributed by atoms with Crippen LogP contribution in [0.15, 0.2) is 0 Å². The topological polar surface area (TPSA) is 26.3 Å². The molecule has 0 unspecified atom stereocenters. The highest BCUT2D eigenvalue weighted by molar-refractivity contribution is 8.05. The third-order valence-electron chi connectivity index (χ3n) is 1.00. The predicted octanol–water partition coefficient (Wildman–Crippen LogP) is 4.37. The number of rotatable bonds is 5. The van der Waals surface area contributed by atoms with Gasteiger partial charge in [0.15, 0.2) is 0 Å². The summed E-state index contributed by atoms with van der Waals surface area (Å²) >= 11 is 12.1. The molecule has 6 heteroatoms. The predicted molar refractivity (Wildman–Crippen MR) is 62.0 cm³/mol. The molecule has 2 nitrogen and oxygen atoms in total. The molecule has 0 radical (unpaired) electrons. The molecule has 0 fully saturated rings. The van der Waals surface area contributed by atoms with Crippen LogP contribution in [0.25, 0.3) is 0 Å². The fraction of sp³-hybridized carbons (Fsp3) is 1.00. The molecule has 13 heavy (non-hydrogen) atoms. The van der Waals surface area contributed by atoms with E-state index >= 15 is 0 Å². The van der Waals surface area contributed by atoms with E-state index in [9.17, 15) is 4.57 Å². The van der Waals surface area contributed by atoms with Crippen LogP contribution in [0.4, 0.5) is 0 Å². The van der Waals surface area contributed by atoms with Crippen molar-refractivity contribution < 1.29 is 9.09 Å². The lowest BCUT2D eigenvalue weighted by Crippen LogP contribution is -2.09. The molecule has 80 valence electrons. The zero-order valence-corrected chi connectivity index (χ0v) is 11.3. The number of halogens is 2. The van der Waals surface area contributed by atoms with E-state index in [1.54, 1.807) is 11.8 Å². The maximum Gasteiger partial charge on any atom is 0.380 e. The fourth-order valence-electron chi connectivity index (χ4n) is 0.581. The van der Waals surface area contributed by atoms with Crippen LogP contribution in [0.2, 0.25) is 0 Å². The van der Waals surface area contributed by atoms with Crippen LogP contribution in [-0.2, 0) is 9.09 Å². The van der Waals surface area contributed by atoms with Crippen molar-refractivity contribution >= 4 is 40.3 Å². The van der Waals surface area contributed by atoms with Gasteiger partial charge in [-0.05, 0) is 33.6 Å². The first kappa shape index (κ1) is 14.1. The molecule has 0 saturated heterocycles. The van der Waals surface area contributed by atoms with E-state index in [4.69, 9.17) is 27.0 Å². The molecule has 0 heterocycles. The van der Waals surface area contributed by atoms with Crippen molar-refractivity contribution in [3.8, 4) is 0 Å². The molecule has 0 spiro atoms. The molecule has 0 aromatic carbocycles. The molecule has 0 aliphatic rings. The zero-order valence-electron chi connectivity index (χ0n) is 8.05. The lowest BCUT2D eigenvalue weighted by molar-refractivity contribution is 0.359. The van der Waals surface area contributed by atoms with Gasteiger partial charge in [-0.2, -0.15) is 11.8 Å². The minimum Gasteiger partial charge on any atom is -0.305 e. The third kappa shape index (κ3) is 13.1. The second kappa shape index (κ2) is 5.87. The van der Waals surface area contributed by atoms with Crippen LogP contribution in [-0.4, -0.2) is 18.1 Å². The Labute approximate surface area is 93.7 Å². The molecular weight excluding hydrogens is 250 g/mol. The van der Waals surface area contributed by atoms with Gasteiger partial charge in [0, 0.05) is 5.75 Å². The van der Waals surface area contributed by atoms with Gasteiger partial charge in [0.1, 0.15) is 0 Å². The Kier molecular flexibility index (Phi) is 6.38. The van der Waals surface area contributed by atoms with Crippen LogP contribution in [0.3, 0.4) is 0 Å². The maximum absolute atomic E-state index is 10.7. The van der Waals surface area contributed by atoms with Crippen LogP contribution in [0.5, 0.6) is 0 Å². The SMILES string of the molecule is CC(C)(C)CSCCOP(=O)(Cl)Cl. The Balaban J connectivity index is 3.33. The standard InChI is InChI=1S/C7H15Cl2O2PS/c1-7(2,3)6-13-5-4-11-12(8,9)10/h4-6H2,1-3H3. The largest absolute Gasteiger partial charge is 0.380 e.